The maximum absolute atomic E-state index is 12.1. The van der Waals surface area contributed by atoms with Crippen molar-refractivity contribution in [1.29, 1.82) is 0 Å². The third-order valence-corrected chi connectivity index (χ3v) is 3.48. The quantitative estimate of drug-likeness (QED) is 0.835. The third kappa shape index (κ3) is 4.33. The number of halogens is 1. The number of piperazine rings is 1. The number of nitrogens with one attached hydrogen (secondary N) is 1. The Balaban J connectivity index is 1.84. The van der Waals surface area contributed by atoms with Gasteiger partial charge in [0.25, 0.3) is 0 Å². The van der Waals surface area contributed by atoms with Gasteiger partial charge >= 0.3 is 6.03 Å². The standard InChI is InChI=1S/C13H17ClN4OS/c14-10-2-1-3-11(8-10)16-13(19)18-6-4-17(5-7-18)9-12(15)20/h1-3,8H,4-7,9H2,(H2,15,20)(H,16,19). The lowest BCUT2D eigenvalue weighted by atomic mass is 10.3. The molecule has 0 radical (unpaired) electrons. The van der Waals surface area contributed by atoms with Gasteiger partial charge in [-0.15, -0.1) is 0 Å². The molecule has 1 aromatic rings. The molecule has 0 bridgehead atoms. The van der Waals surface area contributed by atoms with Gasteiger partial charge in [-0.05, 0) is 18.2 Å². The SMILES string of the molecule is NC(=S)CN1CCN(C(=O)Nc2cccc(Cl)c2)CC1. The average molecular weight is 313 g/mol. The number of nitrogens with two attached hydrogens (primary N) is 1. The van der Waals surface area contributed by atoms with E-state index < -0.39 is 0 Å². The van der Waals surface area contributed by atoms with Crippen molar-refractivity contribution in [2.45, 2.75) is 0 Å². The first kappa shape index (κ1) is 15.0. The first-order valence-corrected chi connectivity index (χ1v) is 7.15. The number of urea groups is 1. The Morgan fingerprint density at radius 1 is 1.35 bits per heavy atom. The molecule has 1 fully saturated rings. The first-order valence-electron chi connectivity index (χ1n) is 6.37. The first-order chi connectivity index (χ1) is 9.54. The lowest BCUT2D eigenvalue weighted by molar-refractivity contribution is 0.158. The molecule has 1 aliphatic heterocycles. The largest absolute Gasteiger partial charge is 0.392 e. The molecule has 0 atom stereocenters. The number of carbonyl (C=O) groups is 1. The minimum atomic E-state index is -0.109. The molecule has 5 nitrogen and oxygen atoms in total. The van der Waals surface area contributed by atoms with E-state index in [1.165, 1.54) is 0 Å². The van der Waals surface area contributed by atoms with Crippen LogP contribution in [0.2, 0.25) is 5.02 Å². The van der Waals surface area contributed by atoms with Crippen LogP contribution in [0.25, 0.3) is 0 Å². The number of carbonyl (C=O) groups excluding carboxylic acids is 1. The Kier molecular flexibility index (Phi) is 5.17. The van der Waals surface area contributed by atoms with Crippen molar-refractivity contribution in [3.05, 3.63) is 29.3 Å². The van der Waals surface area contributed by atoms with Crippen LogP contribution in [0.3, 0.4) is 0 Å². The Hall–Kier alpha value is -1.37. The van der Waals surface area contributed by atoms with E-state index in [0.717, 1.165) is 13.1 Å². The maximum atomic E-state index is 12.1. The second kappa shape index (κ2) is 6.88. The van der Waals surface area contributed by atoms with Crippen molar-refractivity contribution >= 4 is 40.5 Å². The predicted molar refractivity (Wildman–Crippen MR) is 85.3 cm³/mol. The van der Waals surface area contributed by atoms with Crippen molar-refractivity contribution in [3.8, 4) is 0 Å². The van der Waals surface area contributed by atoms with E-state index in [0.29, 0.717) is 35.3 Å². The highest BCUT2D eigenvalue weighted by atomic mass is 35.5. The molecule has 0 unspecified atom stereocenters. The summed E-state index contributed by atoms with van der Waals surface area (Å²) < 4.78 is 0. The van der Waals surface area contributed by atoms with Gasteiger partial charge in [0, 0.05) is 43.4 Å². The van der Waals surface area contributed by atoms with Crippen LogP contribution >= 0.6 is 23.8 Å². The molecule has 0 aliphatic carbocycles. The molecular weight excluding hydrogens is 296 g/mol. The summed E-state index contributed by atoms with van der Waals surface area (Å²) in [5.41, 5.74) is 6.22. The molecule has 20 heavy (non-hydrogen) atoms. The predicted octanol–water partition coefficient (Wildman–Crippen LogP) is 1.78. The minimum Gasteiger partial charge on any atom is -0.392 e. The second-order valence-electron chi connectivity index (χ2n) is 4.67. The van der Waals surface area contributed by atoms with Crippen LogP contribution in [0.5, 0.6) is 0 Å². The maximum Gasteiger partial charge on any atom is 0.321 e. The summed E-state index contributed by atoms with van der Waals surface area (Å²) in [5.74, 6) is 0. The molecular formula is C13H17ClN4OS. The molecule has 1 saturated heterocycles. The summed E-state index contributed by atoms with van der Waals surface area (Å²) in [7, 11) is 0. The molecule has 0 saturated carbocycles. The van der Waals surface area contributed by atoms with Crippen LogP contribution in [0.4, 0.5) is 10.5 Å². The van der Waals surface area contributed by atoms with Crippen LogP contribution in [0, 0.1) is 0 Å². The molecule has 1 heterocycles. The zero-order chi connectivity index (χ0) is 14.5. The molecule has 2 rings (SSSR count). The van der Waals surface area contributed by atoms with E-state index in [1.54, 1.807) is 23.1 Å². The van der Waals surface area contributed by atoms with Crippen molar-refractivity contribution in [2.24, 2.45) is 5.73 Å². The monoisotopic (exact) mass is 312 g/mol. The molecule has 1 aliphatic rings. The topological polar surface area (TPSA) is 61.6 Å². The third-order valence-electron chi connectivity index (χ3n) is 3.11. The van der Waals surface area contributed by atoms with Gasteiger partial charge in [-0.2, -0.15) is 0 Å². The average Bonchev–Trinajstić information content (AvgIpc) is 2.38. The van der Waals surface area contributed by atoms with E-state index in [2.05, 4.69) is 10.2 Å². The summed E-state index contributed by atoms with van der Waals surface area (Å²) in [6.07, 6.45) is 0. The lowest BCUT2D eigenvalue weighted by Crippen LogP contribution is -2.51. The molecule has 0 aromatic heterocycles. The summed E-state index contributed by atoms with van der Waals surface area (Å²) in [6, 6.07) is 7.00. The Bertz CT molecular complexity index is 503. The molecule has 1 aromatic carbocycles. The number of thiocarbonyl (C=S) groups is 1. The van der Waals surface area contributed by atoms with Crippen LogP contribution in [-0.2, 0) is 0 Å². The van der Waals surface area contributed by atoms with E-state index in [-0.39, 0.29) is 6.03 Å². The van der Waals surface area contributed by atoms with Gasteiger partial charge in [-0.1, -0.05) is 29.9 Å². The van der Waals surface area contributed by atoms with Gasteiger partial charge in [-0.25, -0.2) is 4.79 Å². The highest BCUT2D eigenvalue weighted by Gasteiger charge is 2.21. The fourth-order valence-corrected chi connectivity index (χ4v) is 2.47. The number of nitrogens with zero attached hydrogens (tertiary/aromatic N) is 2. The van der Waals surface area contributed by atoms with Crippen LogP contribution in [-0.4, -0.2) is 53.5 Å². The highest BCUT2D eigenvalue weighted by Crippen LogP contribution is 2.15. The normalized spacial score (nSPS) is 15.9. The van der Waals surface area contributed by atoms with Crippen LogP contribution in [0.1, 0.15) is 0 Å². The molecule has 2 amide bonds. The second-order valence-corrected chi connectivity index (χ2v) is 5.63. The van der Waals surface area contributed by atoms with Crippen molar-refractivity contribution in [2.75, 3.05) is 38.0 Å². The molecule has 7 heteroatoms. The van der Waals surface area contributed by atoms with Crippen molar-refractivity contribution in [1.82, 2.24) is 9.80 Å². The summed E-state index contributed by atoms with van der Waals surface area (Å²) in [5, 5.41) is 3.44. The van der Waals surface area contributed by atoms with Gasteiger partial charge in [0.1, 0.15) is 0 Å². The summed E-state index contributed by atoms with van der Waals surface area (Å²) in [6.45, 7) is 3.49. The Morgan fingerprint density at radius 3 is 2.65 bits per heavy atom. The van der Waals surface area contributed by atoms with E-state index >= 15 is 0 Å². The Labute approximate surface area is 128 Å². The van der Waals surface area contributed by atoms with Crippen molar-refractivity contribution in [3.63, 3.8) is 0 Å². The number of rotatable bonds is 3. The number of amides is 2. The van der Waals surface area contributed by atoms with Gasteiger partial charge in [-0.3, -0.25) is 4.90 Å². The zero-order valence-electron chi connectivity index (χ0n) is 11.0. The van der Waals surface area contributed by atoms with E-state index in [9.17, 15) is 4.79 Å². The fourth-order valence-electron chi connectivity index (χ4n) is 2.10. The molecule has 108 valence electrons. The number of hydrogen-bond donors (Lipinski definition) is 2. The number of anilines is 1. The van der Waals surface area contributed by atoms with Gasteiger partial charge < -0.3 is 16.0 Å². The molecule has 0 spiro atoms. The zero-order valence-corrected chi connectivity index (χ0v) is 12.6. The fraction of sp³-hybridized carbons (Fsp3) is 0.385. The van der Waals surface area contributed by atoms with Gasteiger partial charge in [0.15, 0.2) is 0 Å². The van der Waals surface area contributed by atoms with Crippen LogP contribution in [0.15, 0.2) is 24.3 Å². The Morgan fingerprint density at radius 2 is 2.05 bits per heavy atom. The van der Waals surface area contributed by atoms with Gasteiger partial charge in [0.05, 0.1) is 4.99 Å². The smallest absolute Gasteiger partial charge is 0.321 e. The van der Waals surface area contributed by atoms with E-state index in [1.807, 2.05) is 6.07 Å². The highest BCUT2D eigenvalue weighted by molar-refractivity contribution is 7.80. The molecule has 3 N–H and O–H groups in total. The van der Waals surface area contributed by atoms with Crippen molar-refractivity contribution < 1.29 is 4.79 Å². The van der Waals surface area contributed by atoms with E-state index in [4.69, 9.17) is 29.6 Å². The lowest BCUT2D eigenvalue weighted by Gasteiger charge is -2.34. The number of benzene rings is 1. The minimum absolute atomic E-state index is 0.109. The van der Waals surface area contributed by atoms with Crippen LogP contribution < -0.4 is 11.1 Å². The number of hydrogen-bond acceptors (Lipinski definition) is 3. The summed E-state index contributed by atoms with van der Waals surface area (Å²) in [4.78, 5) is 16.5. The van der Waals surface area contributed by atoms with Gasteiger partial charge in [0.2, 0.25) is 0 Å². The summed E-state index contributed by atoms with van der Waals surface area (Å²) >= 11 is 10.8.